The highest BCUT2D eigenvalue weighted by atomic mass is 32.2. The van der Waals surface area contributed by atoms with Gasteiger partial charge in [0, 0.05) is 23.9 Å². The molecule has 0 bridgehead atoms. The quantitative estimate of drug-likeness (QED) is 0.403. The lowest BCUT2D eigenvalue weighted by Gasteiger charge is -2.14. The zero-order valence-corrected chi connectivity index (χ0v) is 16.4. The molecule has 150 valence electrons. The predicted molar refractivity (Wildman–Crippen MR) is 101 cm³/mol. The van der Waals surface area contributed by atoms with E-state index in [9.17, 15) is 23.2 Å². The molecular formula is C18H21N3O6S. The van der Waals surface area contributed by atoms with Crippen molar-refractivity contribution in [3.05, 3.63) is 59.6 Å². The van der Waals surface area contributed by atoms with Gasteiger partial charge in [-0.05, 0) is 51.1 Å². The van der Waals surface area contributed by atoms with Crippen LogP contribution in [0.25, 0.3) is 0 Å². The first-order chi connectivity index (χ1) is 13.1. The molecule has 1 aromatic heterocycles. The molecule has 0 spiro atoms. The number of esters is 1. The summed E-state index contributed by atoms with van der Waals surface area (Å²) in [5.41, 5.74) is 0.0874. The number of rotatable bonds is 7. The Morgan fingerprint density at radius 2 is 1.71 bits per heavy atom. The molecule has 10 heteroatoms. The van der Waals surface area contributed by atoms with E-state index in [4.69, 9.17) is 4.74 Å². The van der Waals surface area contributed by atoms with Crippen LogP contribution in [0.2, 0.25) is 0 Å². The number of nitrogens with zero attached hydrogens (tertiary/aromatic N) is 1. The van der Waals surface area contributed by atoms with E-state index in [0.717, 1.165) is 6.20 Å². The number of benzene rings is 1. The Morgan fingerprint density at radius 3 is 2.29 bits per heavy atom. The maximum atomic E-state index is 12.2. The second-order valence-corrected chi connectivity index (χ2v) is 7.96. The molecule has 2 aromatic rings. The van der Waals surface area contributed by atoms with Gasteiger partial charge < -0.3 is 15.3 Å². The average molecular weight is 407 g/mol. The number of carbonyl (C=O) groups excluding carboxylic acids is 2. The van der Waals surface area contributed by atoms with Crippen LogP contribution in [0.3, 0.4) is 0 Å². The third kappa shape index (κ3) is 5.51. The molecule has 1 atom stereocenters. The summed E-state index contributed by atoms with van der Waals surface area (Å²) in [6.07, 6.45) is -0.0239. The molecule has 0 saturated heterocycles. The van der Waals surface area contributed by atoms with E-state index >= 15 is 0 Å². The van der Waals surface area contributed by atoms with Crippen molar-refractivity contribution in [2.75, 3.05) is 5.32 Å². The maximum absolute atomic E-state index is 12.2. The normalized spacial score (nSPS) is 12.4. The van der Waals surface area contributed by atoms with Crippen molar-refractivity contribution in [3.63, 3.8) is 0 Å². The third-order valence-corrected chi connectivity index (χ3v) is 5.18. The zero-order chi connectivity index (χ0) is 20.9. The van der Waals surface area contributed by atoms with Crippen molar-refractivity contribution in [3.8, 4) is 0 Å². The Bertz CT molecular complexity index is 958. The van der Waals surface area contributed by atoms with E-state index in [1.165, 1.54) is 49.4 Å². The summed E-state index contributed by atoms with van der Waals surface area (Å²) in [5.74, 6) is -1.56. The van der Waals surface area contributed by atoms with Gasteiger partial charge >= 0.3 is 11.7 Å². The third-order valence-electron chi connectivity index (χ3n) is 3.51. The van der Waals surface area contributed by atoms with Crippen LogP contribution in [-0.2, 0) is 19.6 Å². The summed E-state index contributed by atoms with van der Waals surface area (Å²) in [6, 6.07) is 9.53. The molecule has 1 aromatic carbocycles. The van der Waals surface area contributed by atoms with Crippen LogP contribution in [0, 0.1) is 5.21 Å². The minimum absolute atomic E-state index is 0.0581. The second-order valence-electron chi connectivity index (χ2n) is 6.25. The van der Waals surface area contributed by atoms with Gasteiger partial charge in [0.15, 0.2) is 12.3 Å². The lowest BCUT2D eigenvalue weighted by atomic mass is 10.3. The zero-order valence-electron chi connectivity index (χ0n) is 15.6. The molecule has 0 unspecified atom stereocenters. The lowest BCUT2D eigenvalue weighted by Crippen LogP contribution is -2.37. The van der Waals surface area contributed by atoms with Crippen molar-refractivity contribution >= 4 is 27.6 Å². The average Bonchev–Trinajstić information content (AvgIpc) is 2.61. The highest BCUT2D eigenvalue weighted by Crippen LogP contribution is 2.15. The van der Waals surface area contributed by atoms with Crippen molar-refractivity contribution in [2.24, 2.45) is 0 Å². The van der Waals surface area contributed by atoms with E-state index in [1.807, 2.05) is 0 Å². The molecule has 0 radical (unpaired) electrons. The number of hydrogen-bond donors (Lipinski definition) is 2. The van der Waals surface area contributed by atoms with Gasteiger partial charge in [-0.3, -0.25) is 4.79 Å². The first-order valence-corrected chi connectivity index (χ1v) is 9.91. The highest BCUT2D eigenvalue weighted by Gasteiger charge is 2.24. The number of carbonyl (C=O) groups is 2. The summed E-state index contributed by atoms with van der Waals surface area (Å²) in [7, 11) is -3.64. The fourth-order valence-corrected chi connectivity index (χ4v) is 3.45. The number of nitrogens with one attached hydrogen (secondary N) is 2. The Hall–Kier alpha value is -2.98. The summed E-state index contributed by atoms with van der Waals surface area (Å²) >= 11 is 0. The van der Waals surface area contributed by atoms with Crippen LogP contribution in [0.5, 0.6) is 0 Å². The van der Waals surface area contributed by atoms with Crippen molar-refractivity contribution in [2.45, 2.75) is 37.8 Å². The van der Waals surface area contributed by atoms with Crippen molar-refractivity contribution in [1.29, 1.82) is 0 Å². The molecule has 1 heterocycles. The van der Waals surface area contributed by atoms with E-state index < -0.39 is 28.0 Å². The van der Waals surface area contributed by atoms with E-state index in [2.05, 4.69) is 10.0 Å². The largest absolute Gasteiger partial charge is 0.618 e. The molecule has 9 nitrogen and oxygen atoms in total. The molecule has 0 aliphatic rings. The molecule has 0 saturated carbocycles. The maximum Gasteiger partial charge on any atom is 0.405 e. The van der Waals surface area contributed by atoms with Crippen molar-refractivity contribution < 1.29 is 27.5 Å². The minimum atomic E-state index is -3.64. The number of aromatic nitrogens is 1. The van der Waals surface area contributed by atoms with E-state index in [-0.39, 0.29) is 16.6 Å². The van der Waals surface area contributed by atoms with Gasteiger partial charge in [-0.1, -0.05) is 0 Å². The first kappa shape index (κ1) is 21.3. The van der Waals surface area contributed by atoms with Gasteiger partial charge in [-0.2, -0.15) is 4.73 Å². The van der Waals surface area contributed by atoms with Crippen LogP contribution in [0.1, 0.15) is 31.3 Å². The molecular weight excluding hydrogens is 386 g/mol. The van der Waals surface area contributed by atoms with Crippen LogP contribution in [0.15, 0.2) is 53.6 Å². The molecule has 0 aliphatic heterocycles. The summed E-state index contributed by atoms with van der Waals surface area (Å²) < 4.78 is 32.0. The number of amides is 1. The summed E-state index contributed by atoms with van der Waals surface area (Å²) in [6.45, 7) is 4.77. The minimum Gasteiger partial charge on any atom is -0.618 e. The van der Waals surface area contributed by atoms with Crippen LogP contribution < -0.4 is 14.8 Å². The Labute approximate surface area is 163 Å². The van der Waals surface area contributed by atoms with E-state index in [1.54, 1.807) is 13.8 Å². The molecule has 0 aliphatic carbocycles. The SMILES string of the molecule is CC(C)NS(=O)(=O)c1ccc(NC(=O)[C@@H](C)OC(=O)c2cccc[n+]2[O-])cc1. The van der Waals surface area contributed by atoms with Gasteiger partial charge in [0.2, 0.25) is 10.0 Å². The van der Waals surface area contributed by atoms with Gasteiger partial charge in [0.1, 0.15) is 0 Å². The van der Waals surface area contributed by atoms with E-state index in [0.29, 0.717) is 10.4 Å². The van der Waals surface area contributed by atoms with Crippen LogP contribution in [0.4, 0.5) is 5.69 Å². The first-order valence-electron chi connectivity index (χ1n) is 8.42. The molecule has 1 amide bonds. The number of anilines is 1. The smallest absolute Gasteiger partial charge is 0.405 e. The molecule has 2 rings (SSSR count). The predicted octanol–water partition coefficient (Wildman–Crippen LogP) is 1.19. The standard InChI is InChI=1S/C18H21N3O6S/c1-12(2)20-28(25,26)15-9-7-14(8-10-15)19-17(22)13(3)27-18(23)16-6-4-5-11-21(16)24/h4-13,20H,1-3H3,(H,19,22)/t13-/m1/s1. The topological polar surface area (TPSA) is 129 Å². The fraction of sp³-hybridized carbons (Fsp3) is 0.278. The number of pyridine rings is 1. The number of sulfonamides is 1. The Balaban J connectivity index is 2.00. The monoisotopic (exact) mass is 407 g/mol. The molecule has 0 fully saturated rings. The summed E-state index contributed by atoms with van der Waals surface area (Å²) in [4.78, 5) is 24.2. The number of ether oxygens (including phenoxy) is 1. The van der Waals surface area contributed by atoms with Gasteiger partial charge in [0.05, 0.1) is 4.90 Å². The van der Waals surface area contributed by atoms with Gasteiger partial charge in [0.25, 0.3) is 5.91 Å². The second kappa shape index (κ2) is 8.81. The van der Waals surface area contributed by atoms with Crippen molar-refractivity contribution in [1.82, 2.24) is 4.72 Å². The fourth-order valence-electron chi connectivity index (χ4n) is 2.20. The Kier molecular flexibility index (Phi) is 6.71. The molecule has 2 N–H and O–H groups in total. The summed E-state index contributed by atoms with van der Waals surface area (Å²) in [5, 5.41) is 14.1. The lowest BCUT2D eigenvalue weighted by molar-refractivity contribution is -0.608. The van der Waals surface area contributed by atoms with Crippen LogP contribution in [-0.4, -0.2) is 32.4 Å². The number of hydrogen-bond acceptors (Lipinski definition) is 6. The van der Waals surface area contributed by atoms with Gasteiger partial charge in [-0.15, -0.1) is 0 Å². The van der Waals surface area contributed by atoms with Crippen LogP contribution >= 0.6 is 0 Å². The van der Waals surface area contributed by atoms with Gasteiger partial charge in [-0.25, -0.2) is 17.9 Å². The molecule has 28 heavy (non-hydrogen) atoms. The highest BCUT2D eigenvalue weighted by molar-refractivity contribution is 7.89. The Morgan fingerprint density at radius 1 is 1.07 bits per heavy atom.